The Kier molecular flexibility index (Phi) is 6.43. The minimum atomic E-state index is -10.7. The maximum atomic E-state index is 9.87. The number of rotatable bonds is 0. The summed E-state index contributed by atoms with van der Waals surface area (Å²) in [5.41, 5.74) is 0. The first-order valence-electron chi connectivity index (χ1n) is 10.1. The maximum absolute atomic E-state index is 10.7. The van der Waals surface area contributed by atoms with E-state index in [1.807, 2.05) is 0 Å². The van der Waals surface area contributed by atoms with Crippen LogP contribution in [-0.2, 0) is 21.8 Å². The molecule has 1 fully saturated rings. The van der Waals surface area contributed by atoms with Crippen LogP contribution in [0, 0.1) is 0 Å². The molecule has 1 saturated carbocycles. The van der Waals surface area contributed by atoms with Crippen LogP contribution < -0.4 is 0 Å². The van der Waals surface area contributed by atoms with Crippen molar-refractivity contribution in [3.63, 3.8) is 0 Å². The topological polar surface area (TPSA) is 0 Å². The summed E-state index contributed by atoms with van der Waals surface area (Å²) in [6.45, 7) is 0. The Balaban J connectivity index is 0.000000205. The average molecular weight is 602 g/mol. The summed E-state index contributed by atoms with van der Waals surface area (Å²) < 4.78 is 118. The Labute approximate surface area is 198 Å². The van der Waals surface area contributed by atoms with Crippen LogP contribution in [0.1, 0.15) is 32.1 Å². The van der Waals surface area contributed by atoms with Crippen molar-refractivity contribution in [1.29, 1.82) is 0 Å². The van der Waals surface area contributed by atoms with Gasteiger partial charge in [0.2, 0.25) is 19.6 Å². The van der Waals surface area contributed by atoms with E-state index in [4.69, 9.17) is 0 Å². The van der Waals surface area contributed by atoms with Crippen molar-refractivity contribution in [1.82, 2.24) is 0 Å². The number of hydrogen-bond acceptors (Lipinski definition) is 0. The summed E-state index contributed by atoms with van der Waals surface area (Å²) >= 11 is 0. The first-order chi connectivity index (χ1) is 15.3. The van der Waals surface area contributed by atoms with Crippen molar-refractivity contribution in [2.75, 3.05) is 0 Å². The van der Waals surface area contributed by atoms with E-state index < -0.39 is 15.6 Å². The van der Waals surface area contributed by atoms with Gasteiger partial charge in [-0.2, -0.15) is 0 Å². The summed E-state index contributed by atoms with van der Waals surface area (Å²) in [5.74, 6) is 0. The van der Waals surface area contributed by atoms with Gasteiger partial charge in [0.1, 0.15) is 0 Å². The molecule has 0 N–H and O–H groups in total. The Morgan fingerprint density at radius 1 is 0.457 bits per heavy atom. The minimum absolute atomic E-state index is 0.344. The van der Waals surface area contributed by atoms with Crippen LogP contribution in [0.15, 0.2) is 68.1 Å². The molecule has 35 heavy (non-hydrogen) atoms. The van der Waals surface area contributed by atoms with Gasteiger partial charge in [-0.15, -0.1) is 0 Å². The molecule has 0 aromatic heterocycles. The van der Waals surface area contributed by atoms with Gasteiger partial charge in [0.15, 0.2) is 10.5 Å². The smallest absolute Gasteiger partial charge is 0.0569 e. The second-order valence-corrected chi connectivity index (χ2v) is 16.4. The molecule has 0 amide bonds. The molecule has 16 heteroatoms. The summed E-state index contributed by atoms with van der Waals surface area (Å²) in [7, 11) is -20.6. The van der Waals surface area contributed by atoms with Gasteiger partial charge in [0.05, 0.1) is 21.8 Å². The van der Waals surface area contributed by atoms with Crippen LogP contribution in [0.5, 0.6) is 0 Å². The van der Waals surface area contributed by atoms with Gasteiger partial charge in [0, 0.05) is 12.8 Å². The molecule has 3 heterocycles. The molecule has 202 valence electrons. The zero-order valence-electron chi connectivity index (χ0n) is 17.6. The molecule has 2 aromatic rings. The summed E-state index contributed by atoms with van der Waals surface area (Å²) in [6, 6.07) is 18.7. The standard InChI is InChI=1S/C19H20S2.2F6P/c1-2-8-14-15(9-3-1)21-18-12-6-4-10-16(18)20(14)17-11-5-7-13-19(17)21;2*1-7(2,3,4,5)6/h4-7,10-15H,1-3,8-9H2;;/q+2;2*-1. The van der Waals surface area contributed by atoms with E-state index in [1.165, 1.54) is 32.1 Å². The van der Waals surface area contributed by atoms with E-state index in [2.05, 4.69) is 48.5 Å². The maximum Gasteiger partial charge on any atom is 0.216 e. The predicted octanol–water partition coefficient (Wildman–Crippen LogP) is 11.6. The molecule has 0 spiro atoms. The molecule has 6 rings (SSSR count). The normalized spacial score (nSPS) is 28.9. The fraction of sp³-hybridized carbons (Fsp3) is 0.368. The molecule has 2 aromatic carbocycles. The van der Waals surface area contributed by atoms with Crippen molar-refractivity contribution >= 4 is 37.4 Å². The van der Waals surface area contributed by atoms with E-state index in [-0.39, 0.29) is 0 Å². The van der Waals surface area contributed by atoms with Crippen LogP contribution in [0.4, 0.5) is 50.4 Å². The average Bonchev–Trinajstić information content (AvgIpc) is 2.89. The number of hydrogen-bond donors (Lipinski definition) is 0. The molecule has 4 aliphatic rings. The molecule has 3 aliphatic heterocycles. The summed E-state index contributed by atoms with van der Waals surface area (Å²) in [4.78, 5) is 6.73. The van der Waals surface area contributed by atoms with Crippen molar-refractivity contribution in [2.24, 2.45) is 0 Å². The van der Waals surface area contributed by atoms with E-state index in [9.17, 15) is 50.4 Å². The second-order valence-electron chi connectivity index (χ2n) is 8.20. The zero-order valence-corrected chi connectivity index (χ0v) is 21.0. The summed E-state index contributed by atoms with van der Waals surface area (Å²) in [5, 5.41) is 1.86. The molecular formula is C19H20F12P2S2. The number of benzene rings is 2. The van der Waals surface area contributed by atoms with Gasteiger partial charge in [-0.1, -0.05) is 30.7 Å². The second kappa shape index (κ2) is 7.84. The van der Waals surface area contributed by atoms with Crippen LogP contribution in [0.3, 0.4) is 0 Å². The Hall–Kier alpha value is -0.840. The van der Waals surface area contributed by atoms with Gasteiger partial charge in [-0.05, 0) is 37.1 Å². The molecule has 0 nitrogen and oxygen atoms in total. The zero-order chi connectivity index (χ0) is 26.6. The molecule has 1 aliphatic carbocycles. The minimum Gasteiger partial charge on any atom is -0.0569 e. The van der Waals surface area contributed by atoms with Gasteiger partial charge >= 0.3 is 66.0 Å². The van der Waals surface area contributed by atoms with Crippen molar-refractivity contribution < 1.29 is 50.4 Å². The van der Waals surface area contributed by atoms with Crippen LogP contribution in [-0.4, -0.2) is 10.5 Å². The predicted molar refractivity (Wildman–Crippen MR) is 118 cm³/mol. The van der Waals surface area contributed by atoms with Gasteiger partial charge in [-0.25, -0.2) is 0 Å². The van der Waals surface area contributed by atoms with Gasteiger partial charge < -0.3 is 0 Å². The molecule has 2 atom stereocenters. The van der Waals surface area contributed by atoms with Crippen LogP contribution >= 0.6 is 15.6 Å². The molecule has 2 bridgehead atoms. The van der Waals surface area contributed by atoms with E-state index >= 15 is 0 Å². The van der Waals surface area contributed by atoms with Crippen LogP contribution in [0.25, 0.3) is 0 Å². The van der Waals surface area contributed by atoms with Crippen molar-refractivity contribution in [3.05, 3.63) is 48.5 Å². The fourth-order valence-electron chi connectivity index (χ4n) is 4.30. The van der Waals surface area contributed by atoms with Gasteiger partial charge in [-0.3, -0.25) is 0 Å². The van der Waals surface area contributed by atoms with E-state index in [1.54, 1.807) is 19.6 Å². The first kappa shape index (κ1) is 28.7. The van der Waals surface area contributed by atoms with Crippen molar-refractivity contribution in [3.8, 4) is 0 Å². The molecule has 0 radical (unpaired) electrons. The third-order valence-corrected chi connectivity index (χ3v) is 11.2. The third-order valence-electron chi connectivity index (χ3n) is 5.14. The van der Waals surface area contributed by atoms with E-state index in [0.29, 0.717) is 21.8 Å². The van der Waals surface area contributed by atoms with Gasteiger partial charge in [0.25, 0.3) is 0 Å². The molecule has 2 unspecified atom stereocenters. The molecule has 0 saturated heterocycles. The monoisotopic (exact) mass is 602 g/mol. The number of halogens is 12. The largest absolute Gasteiger partial charge is 0.216 e. The SMILES string of the molecule is F[P-](F)(F)(F)(F)F.F[P-](F)(F)(F)(F)F.c1ccc2c(c1)[S+]1c3ccccc3[S+]2C2CCCCCC21. The first-order valence-corrected chi connectivity index (χ1v) is 16.8. The Bertz CT molecular complexity index is 943. The molecular weight excluding hydrogens is 582 g/mol. The Morgan fingerprint density at radius 3 is 0.914 bits per heavy atom. The van der Waals surface area contributed by atoms with Crippen molar-refractivity contribution in [2.45, 2.75) is 62.2 Å². The third kappa shape index (κ3) is 9.85. The Morgan fingerprint density at radius 2 is 0.686 bits per heavy atom. The fourth-order valence-corrected chi connectivity index (χ4v) is 11.5. The van der Waals surface area contributed by atoms with Crippen LogP contribution in [0.2, 0.25) is 0 Å². The summed E-state index contributed by atoms with van der Waals surface area (Å²) in [6.07, 6.45) is 7.27. The van der Waals surface area contributed by atoms with E-state index in [0.717, 1.165) is 10.5 Å². The quantitative estimate of drug-likeness (QED) is 0.160.